The van der Waals surface area contributed by atoms with Gasteiger partial charge in [0.2, 0.25) is 5.91 Å². The number of likely N-dealkylation sites (N-methyl/N-ethyl adjacent to an activating group) is 1. The number of carboxylic acids is 1. The smallest absolute Gasteiger partial charge is 0.306 e. The number of nitrogens with zero attached hydrogens (tertiary/aromatic N) is 3. The van der Waals surface area contributed by atoms with Crippen molar-refractivity contribution in [2.75, 3.05) is 26.7 Å². The van der Waals surface area contributed by atoms with Gasteiger partial charge in [0.25, 0.3) is 0 Å². The Morgan fingerprint density at radius 2 is 1.93 bits per heavy atom. The number of hydrogen-bond donors (Lipinski definition) is 1. The Labute approximate surface area is 165 Å². The summed E-state index contributed by atoms with van der Waals surface area (Å²) in [6.45, 7) is 5.93. The molecule has 3 heterocycles. The number of rotatable bonds is 4. The van der Waals surface area contributed by atoms with Gasteiger partial charge in [-0.2, -0.15) is 0 Å². The number of carboxylic acid groups (broad SMARTS) is 1. The Bertz CT molecular complexity index is 909. The van der Waals surface area contributed by atoms with Gasteiger partial charge in [-0.15, -0.1) is 0 Å². The highest BCUT2D eigenvalue weighted by Crippen LogP contribution is 2.31. The van der Waals surface area contributed by atoms with Crippen LogP contribution in [0.5, 0.6) is 0 Å². The Balaban J connectivity index is 1.51. The maximum atomic E-state index is 12.7. The Morgan fingerprint density at radius 1 is 1.18 bits per heavy atom. The van der Waals surface area contributed by atoms with E-state index in [1.165, 1.54) is 27.7 Å². The molecule has 1 aromatic heterocycles. The number of aryl methyl sites for hydroxylation is 2. The zero-order chi connectivity index (χ0) is 19.8. The first kappa shape index (κ1) is 19.0. The van der Waals surface area contributed by atoms with E-state index < -0.39 is 5.97 Å². The fourth-order valence-corrected chi connectivity index (χ4v) is 4.70. The molecular weight excluding hydrogens is 354 g/mol. The van der Waals surface area contributed by atoms with Gasteiger partial charge in [0.15, 0.2) is 0 Å². The van der Waals surface area contributed by atoms with Gasteiger partial charge in [0, 0.05) is 62.2 Å². The summed E-state index contributed by atoms with van der Waals surface area (Å²) in [4.78, 5) is 28.0. The molecule has 0 saturated carbocycles. The maximum absolute atomic E-state index is 12.7. The van der Waals surface area contributed by atoms with Crippen molar-refractivity contribution in [1.29, 1.82) is 0 Å². The molecule has 0 unspecified atom stereocenters. The van der Waals surface area contributed by atoms with E-state index in [0.717, 1.165) is 19.5 Å². The zero-order valence-electron chi connectivity index (χ0n) is 16.8. The minimum atomic E-state index is -0.738. The number of aromatic nitrogens is 1. The molecular formula is C22H29N3O3. The normalized spacial score (nSPS) is 18.4. The highest BCUT2D eigenvalue weighted by Gasteiger charge is 2.27. The van der Waals surface area contributed by atoms with Crippen LogP contribution in [0.2, 0.25) is 0 Å². The third-order valence-electron chi connectivity index (χ3n) is 6.35. The second-order valence-corrected chi connectivity index (χ2v) is 8.33. The summed E-state index contributed by atoms with van der Waals surface area (Å²) in [6.07, 6.45) is 2.61. The summed E-state index contributed by atoms with van der Waals surface area (Å²) in [5.74, 6) is -0.901. The minimum absolute atomic E-state index is 0.138. The molecule has 0 spiro atoms. The predicted molar refractivity (Wildman–Crippen MR) is 108 cm³/mol. The molecule has 1 N–H and O–H groups in total. The van der Waals surface area contributed by atoms with Crippen LogP contribution in [0, 0.1) is 12.8 Å². The van der Waals surface area contributed by atoms with Gasteiger partial charge in [-0.05, 0) is 44.5 Å². The SMILES string of the molecule is Cc1ccc2c(c1)c1c(n2CCC(=O)N2CCC(C(=O)O)CC2)CCN(C)C1. The van der Waals surface area contributed by atoms with Crippen molar-refractivity contribution in [3.05, 3.63) is 35.0 Å². The van der Waals surface area contributed by atoms with Crippen LogP contribution in [-0.2, 0) is 29.1 Å². The van der Waals surface area contributed by atoms with E-state index >= 15 is 0 Å². The van der Waals surface area contributed by atoms with E-state index in [9.17, 15) is 9.59 Å². The third kappa shape index (κ3) is 3.53. The van der Waals surface area contributed by atoms with Crippen molar-refractivity contribution in [3.8, 4) is 0 Å². The average Bonchev–Trinajstić information content (AvgIpc) is 2.98. The van der Waals surface area contributed by atoms with E-state index in [1.54, 1.807) is 0 Å². The van der Waals surface area contributed by atoms with Crippen molar-refractivity contribution < 1.29 is 14.7 Å². The van der Waals surface area contributed by atoms with Gasteiger partial charge >= 0.3 is 5.97 Å². The highest BCUT2D eigenvalue weighted by molar-refractivity contribution is 5.87. The summed E-state index contributed by atoms with van der Waals surface area (Å²) in [7, 11) is 2.16. The molecule has 4 rings (SSSR count). The number of carbonyl (C=O) groups excluding carboxylic acids is 1. The van der Waals surface area contributed by atoms with Crippen molar-refractivity contribution in [1.82, 2.24) is 14.4 Å². The van der Waals surface area contributed by atoms with Crippen molar-refractivity contribution >= 4 is 22.8 Å². The number of carbonyl (C=O) groups is 2. The first-order valence-corrected chi connectivity index (χ1v) is 10.2. The minimum Gasteiger partial charge on any atom is -0.481 e. The first-order chi connectivity index (χ1) is 13.4. The fraction of sp³-hybridized carbons (Fsp3) is 0.545. The van der Waals surface area contributed by atoms with Gasteiger partial charge in [0.1, 0.15) is 0 Å². The standard InChI is InChI=1S/C22H29N3O3/c1-15-3-4-19-17(13-15)18-14-23(2)9-7-20(18)25(19)12-8-21(26)24-10-5-16(6-11-24)22(27)28/h3-4,13,16H,5-12,14H2,1-2H3,(H,27,28). The number of benzene rings is 1. The van der Waals surface area contributed by atoms with Gasteiger partial charge in [-0.1, -0.05) is 11.6 Å². The van der Waals surface area contributed by atoms with Crippen LogP contribution in [0.15, 0.2) is 18.2 Å². The Hall–Kier alpha value is -2.34. The molecule has 150 valence electrons. The van der Waals surface area contributed by atoms with Crippen LogP contribution in [0.3, 0.4) is 0 Å². The summed E-state index contributed by atoms with van der Waals surface area (Å²) in [5, 5.41) is 10.4. The third-order valence-corrected chi connectivity index (χ3v) is 6.35. The van der Waals surface area contributed by atoms with Crippen LogP contribution in [0.1, 0.15) is 36.1 Å². The van der Waals surface area contributed by atoms with Crippen LogP contribution in [0.4, 0.5) is 0 Å². The van der Waals surface area contributed by atoms with Crippen molar-refractivity contribution in [2.24, 2.45) is 5.92 Å². The number of hydrogen-bond acceptors (Lipinski definition) is 3. The average molecular weight is 383 g/mol. The Morgan fingerprint density at radius 3 is 2.64 bits per heavy atom. The molecule has 1 saturated heterocycles. The van der Waals surface area contributed by atoms with E-state index in [2.05, 4.69) is 41.6 Å². The van der Waals surface area contributed by atoms with Crippen LogP contribution in [-0.4, -0.2) is 58.0 Å². The van der Waals surface area contributed by atoms with Crippen LogP contribution in [0.25, 0.3) is 10.9 Å². The monoisotopic (exact) mass is 383 g/mol. The molecule has 2 aliphatic heterocycles. The second kappa shape index (κ2) is 7.59. The van der Waals surface area contributed by atoms with Gasteiger partial charge in [-0.3, -0.25) is 9.59 Å². The molecule has 0 aliphatic carbocycles. The molecule has 0 bridgehead atoms. The number of fused-ring (bicyclic) bond motifs is 3. The van der Waals surface area contributed by atoms with Gasteiger partial charge in [0.05, 0.1) is 5.92 Å². The van der Waals surface area contributed by atoms with Crippen LogP contribution >= 0.6 is 0 Å². The molecule has 1 aromatic carbocycles. The fourth-order valence-electron chi connectivity index (χ4n) is 4.70. The van der Waals surface area contributed by atoms with Gasteiger partial charge < -0.3 is 19.5 Å². The molecule has 2 aromatic rings. The molecule has 28 heavy (non-hydrogen) atoms. The lowest BCUT2D eigenvalue weighted by atomic mass is 9.97. The van der Waals surface area contributed by atoms with Crippen molar-refractivity contribution in [2.45, 2.75) is 45.7 Å². The lowest BCUT2D eigenvalue weighted by molar-refractivity contribution is -0.145. The zero-order valence-corrected chi connectivity index (χ0v) is 16.8. The summed E-state index contributed by atoms with van der Waals surface area (Å²) >= 11 is 0. The molecule has 0 radical (unpaired) electrons. The number of piperidine rings is 1. The van der Waals surface area contributed by atoms with Gasteiger partial charge in [-0.25, -0.2) is 0 Å². The number of amides is 1. The molecule has 2 aliphatic rings. The van der Waals surface area contributed by atoms with E-state index in [1.807, 2.05) is 4.90 Å². The summed E-state index contributed by atoms with van der Waals surface area (Å²) in [5.41, 5.74) is 5.26. The molecule has 6 nitrogen and oxygen atoms in total. The number of likely N-dealkylation sites (tertiary alicyclic amines) is 1. The first-order valence-electron chi connectivity index (χ1n) is 10.2. The second-order valence-electron chi connectivity index (χ2n) is 8.33. The Kier molecular flexibility index (Phi) is 5.15. The lowest BCUT2D eigenvalue weighted by Crippen LogP contribution is -2.40. The number of aliphatic carboxylic acids is 1. The highest BCUT2D eigenvalue weighted by atomic mass is 16.4. The predicted octanol–water partition coefficient (Wildman–Crippen LogP) is 2.65. The molecule has 1 fully saturated rings. The van der Waals surface area contributed by atoms with E-state index in [0.29, 0.717) is 38.9 Å². The largest absolute Gasteiger partial charge is 0.481 e. The molecule has 0 atom stereocenters. The maximum Gasteiger partial charge on any atom is 0.306 e. The topological polar surface area (TPSA) is 65.8 Å². The van der Waals surface area contributed by atoms with E-state index in [-0.39, 0.29) is 11.8 Å². The lowest BCUT2D eigenvalue weighted by Gasteiger charge is -2.30. The summed E-state index contributed by atoms with van der Waals surface area (Å²) in [6, 6.07) is 6.60. The van der Waals surface area contributed by atoms with Crippen molar-refractivity contribution in [3.63, 3.8) is 0 Å². The van der Waals surface area contributed by atoms with E-state index in [4.69, 9.17) is 5.11 Å². The quantitative estimate of drug-likeness (QED) is 0.882. The summed E-state index contributed by atoms with van der Waals surface area (Å²) < 4.78 is 2.35. The van der Waals surface area contributed by atoms with Crippen LogP contribution < -0.4 is 0 Å². The molecule has 1 amide bonds. The molecule has 6 heteroatoms.